The summed E-state index contributed by atoms with van der Waals surface area (Å²) >= 11 is 0. The number of hydrogen-bond acceptors (Lipinski definition) is 2. The number of guanidine groups is 1. The van der Waals surface area contributed by atoms with E-state index in [1.54, 1.807) is 6.20 Å². The minimum absolute atomic E-state index is 0. The van der Waals surface area contributed by atoms with Crippen molar-refractivity contribution in [2.45, 2.75) is 31.8 Å². The van der Waals surface area contributed by atoms with Crippen molar-refractivity contribution in [3.63, 3.8) is 0 Å². The fraction of sp³-hybridized carbons (Fsp3) is 0.273. The summed E-state index contributed by atoms with van der Waals surface area (Å²) in [4.78, 5) is 9.04. The second-order valence-corrected chi connectivity index (χ2v) is 6.91. The van der Waals surface area contributed by atoms with Gasteiger partial charge in [-0.05, 0) is 43.2 Å². The monoisotopic (exact) mass is 508 g/mol. The molecule has 0 spiro atoms. The molecule has 2 atom stereocenters. The number of nitrogens with one attached hydrogen (secondary N) is 2. The number of para-hydroxylation sites is 1. The average Bonchev–Trinajstić information content (AvgIpc) is 3.44. The van der Waals surface area contributed by atoms with Crippen LogP contribution in [0.4, 0.5) is 8.78 Å². The molecule has 1 heterocycles. The van der Waals surface area contributed by atoms with Gasteiger partial charge >= 0.3 is 0 Å². The summed E-state index contributed by atoms with van der Waals surface area (Å²) in [5, 5.41) is 7.58. The van der Waals surface area contributed by atoms with Crippen molar-refractivity contribution in [3.8, 4) is 0 Å². The summed E-state index contributed by atoms with van der Waals surface area (Å²) in [6.07, 6.45) is 2.46. The first-order valence-corrected chi connectivity index (χ1v) is 9.48. The maximum absolute atomic E-state index is 14.0. The molecule has 0 bridgehead atoms. The van der Waals surface area contributed by atoms with E-state index < -0.39 is 11.6 Å². The van der Waals surface area contributed by atoms with Crippen molar-refractivity contribution < 1.29 is 8.78 Å². The van der Waals surface area contributed by atoms with Crippen LogP contribution >= 0.6 is 24.0 Å². The van der Waals surface area contributed by atoms with Crippen molar-refractivity contribution in [1.82, 2.24) is 15.6 Å². The van der Waals surface area contributed by atoms with Crippen LogP contribution < -0.4 is 10.6 Å². The Labute approximate surface area is 185 Å². The van der Waals surface area contributed by atoms with E-state index in [2.05, 4.69) is 20.6 Å². The molecule has 2 N–H and O–H groups in total. The highest BCUT2D eigenvalue weighted by molar-refractivity contribution is 14.0. The number of pyridine rings is 1. The van der Waals surface area contributed by atoms with E-state index in [1.165, 1.54) is 18.2 Å². The minimum atomic E-state index is -0.487. The van der Waals surface area contributed by atoms with Gasteiger partial charge in [-0.2, -0.15) is 0 Å². The quantitative estimate of drug-likeness (QED) is 0.298. The normalized spacial score (nSPS) is 18.2. The van der Waals surface area contributed by atoms with Gasteiger partial charge in [0, 0.05) is 35.7 Å². The van der Waals surface area contributed by atoms with E-state index in [4.69, 9.17) is 0 Å². The van der Waals surface area contributed by atoms with E-state index >= 15 is 0 Å². The first-order chi connectivity index (χ1) is 13.7. The van der Waals surface area contributed by atoms with Crippen LogP contribution in [0, 0.1) is 11.6 Å². The lowest BCUT2D eigenvalue weighted by Crippen LogP contribution is -2.39. The fourth-order valence-electron chi connectivity index (χ4n) is 3.49. The van der Waals surface area contributed by atoms with Gasteiger partial charge in [0.15, 0.2) is 5.96 Å². The van der Waals surface area contributed by atoms with Crippen LogP contribution in [0.5, 0.6) is 0 Å². The van der Waals surface area contributed by atoms with Crippen LogP contribution in [0.1, 0.15) is 30.4 Å². The Morgan fingerprint density at radius 2 is 1.86 bits per heavy atom. The second-order valence-electron chi connectivity index (χ2n) is 6.91. The molecule has 1 aliphatic carbocycles. The smallest absolute Gasteiger partial charge is 0.191 e. The van der Waals surface area contributed by atoms with Gasteiger partial charge in [-0.3, -0.25) is 4.98 Å². The largest absolute Gasteiger partial charge is 0.357 e. The lowest BCUT2D eigenvalue weighted by molar-refractivity contribution is 0.553. The van der Waals surface area contributed by atoms with E-state index in [0.29, 0.717) is 25.5 Å². The summed E-state index contributed by atoms with van der Waals surface area (Å²) in [6.45, 7) is 3.18. The zero-order valence-electron chi connectivity index (χ0n) is 16.0. The third-order valence-electron chi connectivity index (χ3n) is 4.97. The minimum Gasteiger partial charge on any atom is -0.357 e. The van der Waals surface area contributed by atoms with E-state index in [-0.39, 0.29) is 41.5 Å². The lowest BCUT2D eigenvalue weighted by atomic mass is 10.1. The summed E-state index contributed by atoms with van der Waals surface area (Å²) in [6, 6.07) is 13.9. The van der Waals surface area contributed by atoms with Gasteiger partial charge in [0.1, 0.15) is 11.6 Å². The molecule has 3 aromatic rings. The second kappa shape index (κ2) is 9.47. The summed E-state index contributed by atoms with van der Waals surface area (Å²) in [5.74, 6) is -0.501. The maximum Gasteiger partial charge on any atom is 0.191 e. The molecule has 2 unspecified atom stereocenters. The predicted octanol–water partition coefficient (Wildman–Crippen LogP) is 4.74. The molecule has 4 nitrogen and oxygen atoms in total. The number of aromatic nitrogens is 1. The molecule has 0 radical (unpaired) electrons. The van der Waals surface area contributed by atoms with Crippen molar-refractivity contribution in [2.75, 3.05) is 6.54 Å². The highest BCUT2D eigenvalue weighted by Crippen LogP contribution is 2.43. The first kappa shape index (κ1) is 21.4. The molecule has 1 aromatic heterocycles. The molecule has 2 aromatic carbocycles. The Morgan fingerprint density at radius 3 is 2.62 bits per heavy atom. The number of benzene rings is 2. The summed E-state index contributed by atoms with van der Waals surface area (Å²) < 4.78 is 28.0. The van der Waals surface area contributed by atoms with E-state index in [1.807, 2.05) is 37.3 Å². The SMILES string of the molecule is CCNC(=NCc1ccnc2ccccc12)NC1CC1c1c(F)cccc1F.I. The molecule has 152 valence electrons. The molecule has 0 saturated heterocycles. The number of nitrogens with zero attached hydrogens (tertiary/aromatic N) is 2. The van der Waals surface area contributed by atoms with Gasteiger partial charge in [0.2, 0.25) is 0 Å². The lowest BCUT2D eigenvalue weighted by Gasteiger charge is -2.12. The van der Waals surface area contributed by atoms with E-state index in [9.17, 15) is 8.78 Å². The molecule has 29 heavy (non-hydrogen) atoms. The Bertz CT molecular complexity index is 999. The van der Waals surface area contributed by atoms with Gasteiger partial charge in [-0.25, -0.2) is 13.8 Å². The third kappa shape index (κ3) is 4.83. The number of halogens is 3. The summed E-state index contributed by atoms with van der Waals surface area (Å²) in [5.41, 5.74) is 2.18. The van der Waals surface area contributed by atoms with Crippen LogP contribution in [0.25, 0.3) is 10.9 Å². The van der Waals surface area contributed by atoms with Crippen LogP contribution in [0.3, 0.4) is 0 Å². The van der Waals surface area contributed by atoms with Crippen molar-refractivity contribution in [3.05, 3.63) is 77.5 Å². The van der Waals surface area contributed by atoms with Gasteiger partial charge in [-0.1, -0.05) is 24.3 Å². The molecule has 0 aliphatic heterocycles. The average molecular weight is 508 g/mol. The molecular weight excluding hydrogens is 485 g/mol. The Hall–Kier alpha value is -2.29. The summed E-state index contributed by atoms with van der Waals surface area (Å²) in [7, 11) is 0. The van der Waals surface area contributed by atoms with Crippen molar-refractivity contribution >= 4 is 40.8 Å². The van der Waals surface area contributed by atoms with Gasteiger partial charge in [0.05, 0.1) is 12.1 Å². The van der Waals surface area contributed by atoms with Crippen LogP contribution in [-0.4, -0.2) is 23.5 Å². The van der Waals surface area contributed by atoms with Gasteiger partial charge < -0.3 is 10.6 Å². The molecular formula is C22H23F2IN4. The van der Waals surface area contributed by atoms with Crippen LogP contribution in [-0.2, 0) is 6.54 Å². The standard InChI is InChI=1S/C22H22F2N4.HI/c1-2-25-22(27-13-14-10-11-26-19-9-4-3-6-15(14)19)28-20-12-16(20)21-17(23)7-5-8-18(21)24;/h3-11,16,20H,2,12-13H2,1H3,(H2,25,27,28);1H. The number of rotatable bonds is 5. The van der Waals surface area contributed by atoms with Crippen LogP contribution in [0.15, 0.2) is 59.7 Å². The topological polar surface area (TPSA) is 49.3 Å². The molecule has 7 heteroatoms. The van der Waals surface area contributed by atoms with Crippen molar-refractivity contribution in [2.24, 2.45) is 4.99 Å². The Balaban J connectivity index is 0.00000240. The molecule has 4 rings (SSSR count). The zero-order chi connectivity index (χ0) is 19.5. The molecule has 1 saturated carbocycles. The third-order valence-corrected chi connectivity index (χ3v) is 4.97. The first-order valence-electron chi connectivity index (χ1n) is 9.48. The maximum atomic E-state index is 14.0. The zero-order valence-corrected chi connectivity index (χ0v) is 18.4. The van der Waals surface area contributed by atoms with Crippen molar-refractivity contribution in [1.29, 1.82) is 0 Å². The highest BCUT2D eigenvalue weighted by Gasteiger charge is 2.42. The number of fused-ring (bicyclic) bond motifs is 1. The van der Waals surface area contributed by atoms with Gasteiger partial charge in [0.25, 0.3) is 0 Å². The Morgan fingerprint density at radius 1 is 1.10 bits per heavy atom. The van der Waals surface area contributed by atoms with E-state index in [0.717, 1.165) is 16.5 Å². The highest BCUT2D eigenvalue weighted by atomic mass is 127. The Kier molecular flexibility index (Phi) is 7.00. The number of hydrogen-bond donors (Lipinski definition) is 2. The predicted molar refractivity (Wildman–Crippen MR) is 123 cm³/mol. The molecule has 0 amide bonds. The fourth-order valence-corrected chi connectivity index (χ4v) is 3.49. The molecule has 1 fully saturated rings. The number of aliphatic imine (C=N–C) groups is 1. The molecule has 1 aliphatic rings. The van der Waals surface area contributed by atoms with Gasteiger partial charge in [-0.15, -0.1) is 24.0 Å². The van der Waals surface area contributed by atoms with Crippen LogP contribution in [0.2, 0.25) is 0 Å².